The van der Waals surface area contributed by atoms with Crippen molar-refractivity contribution in [2.24, 2.45) is 0 Å². The van der Waals surface area contributed by atoms with Gasteiger partial charge in [-0.25, -0.2) is 4.98 Å². The minimum Gasteiger partial charge on any atom is -0.481 e. The van der Waals surface area contributed by atoms with Gasteiger partial charge in [0.05, 0.1) is 11.9 Å². The first-order valence-corrected chi connectivity index (χ1v) is 5.72. The van der Waals surface area contributed by atoms with Crippen LogP contribution in [0, 0.1) is 6.92 Å². The first-order chi connectivity index (χ1) is 7.59. The molecule has 1 N–H and O–H groups in total. The predicted molar refractivity (Wildman–Crippen MR) is 64.4 cm³/mol. The molecule has 16 heavy (non-hydrogen) atoms. The minimum absolute atomic E-state index is 0.110. The Bertz CT molecular complexity index is 548. The van der Waals surface area contributed by atoms with E-state index in [1.54, 1.807) is 0 Å². The lowest BCUT2D eigenvalue weighted by Crippen LogP contribution is -2.05. The van der Waals surface area contributed by atoms with E-state index in [2.05, 4.69) is 20.9 Å². The number of hydrogen-bond donors (Lipinski definition) is 1. The topological polar surface area (TPSA) is 55.1 Å². The van der Waals surface area contributed by atoms with E-state index < -0.39 is 5.97 Å². The van der Waals surface area contributed by atoms with Gasteiger partial charge in [-0.15, -0.1) is 0 Å². The van der Waals surface area contributed by atoms with Crippen molar-refractivity contribution in [3.05, 3.63) is 28.5 Å². The van der Waals surface area contributed by atoms with E-state index in [4.69, 9.17) is 5.11 Å². The summed E-state index contributed by atoms with van der Waals surface area (Å²) in [6, 6.07) is 5.79. The van der Waals surface area contributed by atoms with Gasteiger partial charge in [0.1, 0.15) is 11.3 Å². The number of aromatic nitrogens is 2. The van der Waals surface area contributed by atoms with Crippen LogP contribution in [0.4, 0.5) is 0 Å². The summed E-state index contributed by atoms with van der Waals surface area (Å²) in [5.74, 6) is 0.0411. The van der Waals surface area contributed by atoms with Crippen molar-refractivity contribution in [3.63, 3.8) is 0 Å². The Balaban J connectivity index is 2.48. The van der Waals surface area contributed by atoms with Crippen LogP contribution in [0.5, 0.6) is 0 Å². The average molecular weight is 283 g/mol. The van der Waals surface area contributed by atoms with Crippen LogP contribution in [-0.2, 0) is 11.3 Å². The Morgan fingerprint density at radius 3 is 3.00 bits per heavy atom. The lowest BCUT2D eigenvalue weighted by Gasteiger charge is -2.04. The van der Waals surface area contributed by atoms with Crippen molar-refractivity contribution in [3.8, 4) is 0 Å². The summed E-state index contributed by atoms with van der Waals surface area (Å²) in [6.45, 7) is 2.34. The number of aliphatic carboxylic acids is 1. The number of para-hydroxylation sites is 1. The zero-order valence-electron chi connectivity index (χ0n) is 8.77. The number of carboxylic acids is 1. The molecule has 0 saturated heterocycles. The standard InChI is InChI=1S/C11H11BrN2O2/c1-7-13-11-8(12)3-2-4-9(11)14(7)6-5-10(15)16/h2-4H,5-6H2,1H3,(H,15,16). The zero-order valence-corrected chi connectivity index (χ0v) is 10.4. The molecular weight excluding hydrogens is 272 g/mol. The number of hydrogen-bond acceptors (Lipinski definition) is 2. The fourth-order valence-electron chi connectivity index (χ4n) is 1.72. The molecule has 0 aliphatic heterocycles. The minimum atomic E-state index is -0.795. The maximum atomic E-state index is 10.6. The van der Waals surface area contributed by atoms with Crippen LogP contribution in [0.1, 0.15) is 12.2 Å². The number of rotatable bonds is 3. The molecule has 0 fully saturated rings. The summed E-state index contributed by atoms with van der Waals surface area (Å²) in [4.78, 5) is 15.0. The number of carbonyl (C=O) groups is 1. The lowest BCUT2D eigenvalue weighted by molar-refractivity contribution is -0.137. The van der Waals surface area contributed by atoms with Crippen molar-refractivity contribution in [2.75, 3.05) is 0 Å². The van der Waals surface area contributed by atoms with E-state index >= 15 is 0 Å². The quantitative estimate of drug-likeness (QED) is 0.942. The summed E-state index contributed by atoms with van der Waals surface area (Å²) < 4.78 is 2.86. The molecule has 2 rings (SSSR count). The fourth-order valence-corrected chi connectivity index (χ4v) is 2.16. The highest BCUT2D eigenvalue weighted by Gasteiger charge is 2.10. The second-order valence-corrected chi connectivity index (χ2v) is 4.42. The summed E-state index contributed by atoms with van der Waals surface area (Å²) in [7, 11) is 0. The number of benzene rings is 1. The molecular formula is C11H11BrN2O2. The van der Waals surface area contributed by atoms with E-state index in [9.17, 15) is 4.79 Å². The van der Waals surface area contributed by atoms with Gasteiger partial charge in [-0.05, 0) is 35.0 Å². The van der Waals surface area contributed by atoms with Crippen molar-refractivity contribution in [2.45, 2.75) is 19.9 Å². The molecule has 0 amide bonds. The Hall–Kier alpha value is -1.36. The maximum absolute atomic E-state index is 10.6. The molecule has 0 saturated carbocycles. The molecule has 0 radical (unpaired) electrons. The second-order valence-electron chi connectivity index (χ2n) is 3.56. The van der Waals surface area contributed by atoms with Crippen molar-refractivity contribution < 1.29 is 9.90 Å². The first kappa shape index (κ1) is 11.1. The summed E-state index contributed by atoms with van der Waals surface area (Å²) in [5.41, 5.74) is 1.85. The summed E-state index contributed by atoms with van der Waals surface area (Å²) in [5, 5.41) is 8.69. The number of nitrogens with zero attached hydrogens (tertiary/aromatic N) is 2. The normalized spacial score (nSPS) is 10.9. The number of fused-ring (bicyclic) bond motifs is 1. The molecule has 1 heterocycles. The molecule has 4 nitrogen and oxygen atoms in total. The Labute approximate surface area is 101 Å². The molecule has 0 bridgehead atoms. The van der Waals surface area contributed by atoms with Crippen LogP contribution in [-0.4, -0.2) is 20.6 Å². The van der Waals surface area contributed by atoms with Crippen LogP contribution in [0.3, 0.4) is 0 Å². The molecule has 2 aromatic rings. The van der Waals surface area contributed by atoms with Gasteiger partial charge in [0, 0.05) is 11.0 Å². The van der Waals surface area contributed by atoms with Crippen LogP contribution >= 0.6 is 15.9 Å². The number of carboxylic acid groups (broad SMARTS) is 1. The third kappa shape index (κ3) is 1.95. The van der Waals surface area contributed by atoms with Gasteiger partial charge in [0.25, 0.3) is 0 Å². The molecule has 0 aliphatic carbocycles. The summed E-state index contributed by atoms with van der Waals surface area (Å²) in [6.07, 6.45) is 0.110. The molecule has 84 valence electrons. The van der Waals surface area contributed by atoms with E-state index in [-0.39, 0.29) is 6.42 Å². The molecule has 0 unspecified atom stereocenters. The van der Waals surface area contributed by atoms with Crippen LogP contribution in [0.25, 0.3) is 11.0 Å². The number of aryl methyl sites for hydroxylation is 2. The van der Waals surface area contributed by atoms with E-state index in [1.807, 2.05) is 29.7 Å². The molecule has 1 aromatic carbocycles. The van der Waals surface area contributed by atoms with Crippen molar-refractivity contribution >= 4 is 32.9 Å². The molecule has 1 aromatic heterocycles. The van der Waals surface area contributed by atoms with Gasteiger partial charge in [-0.1, -0.05) is 6.07 Å². The largest absolute Gasteiger partial charge is 0.481 e. The van der Waals surface area contributed by atoms with E-state index in [0.717, 1.165) is 21.3 Å². The van der Waals surface area contributed by atoms with Gasteiger partial charge >= 0.3 is 5.97 Å². The van der Waals surface area contributed by atoms with Crippen LogP contribution < -0.4 is 0 Å². The van der Waals surface area contributed by atoms with Crippen LogP contribution in [0.15, 0.2) is 22.7 Å². The van der Waals surface area contributed by atoms with E-state index in [0.29, 0.717) is 6.54 Å². The predicted octanol–water partition coefficient (Wildman–Crippen LogP) is 2.58. The first-order valence-electron chi connectivity index (χ1n) is 4.92. The molecule has 0 aliphatic rings. The van der Waals surface area contributed by atoms with Gasteiger partial charge in [0.15, 0.2) is 0 Å². The zero-order chi connectivity index (χ0) is 11.7. The number of imidazole rings is 1. The van der Waals surface area contributed by atoms with Gasteiger partial charge in [-0.3, -0.25) is 4.79 Å². The number of halogens is 1. The monoisotopic (exact) mass is 282 g/mol. The molecule has 5 heteroatoms. The smallest absolute Gasteiger partial charge is 0.305 e. The van der Waals surface area contributed by atoms with Gasteiger partial charge < -0.3 is 9.67 Å². The SMILES string of the molecule is Cc1nc2c(Br)cccc2n1CCC(=O)O. The third-order valence-electron chi connectivity index (χ3n) is 2.47. The van der Waals surface area contributed by atoms with Crippen molar-refractivity contribution in [1.29, 1.82) is 0 Å². The fraction of sp³-hybridized carbons (Fsp3) is 0.273. The Kier molecular flexibility index (Phi) is 2.96. The highest BCUT2D eigenvalue weighted by atomic mass is 79.9. The highest BCUT2D eigenvalue weighted by Crippen LogP contribution is 2.24. The average Bonchev–Trinajstić information content (AvgIpc) is 2.53. The Morgan fingerprint density at radius 2 is 2.31 bits per heavy atom. The third-order valence-corrected chi connectivity index (χ3v) is 3.11. The van der Waals surface area contributed by atoms with Crippen LogP contribution in [0.2, 0.25) is 0 Å². The molecule has 0 spiro atoms. The lowest BCUT2D eigenvalue weighted by atomic mass is 10.3. The van der Waals surface area contributed by atoms with Gasteiger partial charge in [0.2, 0.25) is 0 Å². The van der Waals surface area contributed by atoms with Crippen molar-refractivity contribution in [1.82, 2.24) is 9.55 Å². The van der Waals surface area contributed by atoms with E-state index in [1.165, 1.54) is 0 Å². The Morgan fingerprint density at radius 1 is 1.56 bits per heavy atom. The molecule has 0 atom stereocenters. The highest BCUT2D eigenvalue weighted by molar-refractivity contribution is 9.10. The maximum Gasteiger partial charge on any atom is 0.305 e. The summed E-state index contributed by atoms with van der Waals surface area (Å²) >= 11 is 3.43. The second kappa shape index (κ2) is 4.25. The van der Waals surface area contributed by atoms with Gasteiger partial charge in [-0.2, -0.15) is 0 Å².